The summed E-state index contributed by atoms with van der Waals surface area (Å²) in [6, 6.07) is 6.69. The van der Waals surface area contributed by atoms with Crippen LogP contribution in [0.2, 0.25) is 0 Å². The first-order valence-electron chi connectivity index (χ1n) is 7.73. The molecule has 1 N–H and O–H groups in total. The molecule has 1 aliphatic rings. The molecule has 1 fully saturated rings. The van der Waals surface area contributed by atoms with E-state index in [1.165, 1.54) is 5.69 Å². The van der Waals surface area contributed by atoms with Crippen molar-refractivity contribution in [1.82, 2.24) is 14.8 Å². The molecular formula is C16H27N3O. The molecule has 20 heavy (non-hydrogen) atoms. The van der Waals surface area contributed by atoms with Crippen LogP contribution in [0.25, 0.3) is 0 Å². The quantitative estimate of drug-likeness (QED) is 0.853. The highest BCUT2D eigenvalue weighted by molar-refractivity contribution is 5.03. The second-order valence-electron chi connectivity index (χ2n) is 5.78. The van der Waals surface area contributed by atoms with Crippen molar-refractivity contribution < 1.29 is 5.11 Å². The SMILES string of the molecule is CC[C@H]1CN(CCc2ccccn2)CCN1C[C@@H](C)O. The molecule has 2 atom stereocenters. The fourth-order valence-electron chi connectivity index (χ4n) is 2.95. The molecule has 112 valence electrons. The third kappa shape index (κ3) is 4.54. The van der Waals surface area contributed by atoms with Crippen LogP contribution >= 0.6 is 0 Å². The van der Waals surface area contributed by atoms with Crippen LogP contribution in [-0.2, 0) is 6.42 Å². The molecule has 0 aromatic carbocycles. The van der Waals surface area contributed by atoms with E-state index >= 15 is 0 Å². The first kappa shape index (κ1) is 15.4. The van der Waals surface area contributed by atoms with E-state index < -0.39 is 0 Å². The zero-order chi connectivity index (χ0) is 14.4. The van der Waals surface area contributed by atoms with Gasteiger partial charge in [-0.25, -0.2) is 0 Å². The van der Waals surface area contributed by atoms with Gasteiger partial charge in [0.2, 0.25) is 0 Å². The minimum atomic E-state index is -0.232. The smallest absolute Gasteiger partial charge is 0.0639 e. The summed E-state index contributed by atoms with van der Waals surface area (Å²) in [6.07, 6.45) is 3.80. The number of aromatic nitrogens is 1. The molecule has 0 bridgehead atoms. The number of nitrogens with zero attached hydrogens (tertiary/aromatic N) is 3. The Morgan fingerprint density at radius 3 is 2.90 bits per heavy atom. The number of piperazine rings is 1. The molecule has 0 radical (unpaired) electrons. The van der Waals surface area contributed by atoms with E-state index in [1.807, 2.05) is 19.2 Å². The van der Waals surface area contributed by atoms with Crippen LogP contribution in [0, 0.1) is 0 Å². The normalized spacial score (nSPS) is 22.9. The molecule has 0 amide bonds. The molecule has 4 heteroatoms. The van der Waals surface area contributed by atoms with Crippen molar-refractivity contribution in [3.05, 3.63) is 30.1 Å². The van der Waals surface area contributed by atoms with Gasteiger partial charge < -0.3 is 10.0 Å². The molecular weight excluding hydrogens is 250 g/mol. The maximum atomic E-state index is 9.57. The van der Waals surface area contributed by atoms with Gasteiger partial charge in [0.15, 0.2) is 0 Å². The van der Waals surface area contributed by atoms with E-state index in [2.05, 4.69) is 33.8 Å². The van der Waals surface area contributed by atoms with Gasteiger partial charge in [0.1, 0.15) is 0 Å². The Morgan fingerprint density at radius 1 is 1.40 bits per heavy atom. The molecule has 1 saturated heterocycles. The van der Waals surface area contributed by atoms with Crippen molar-refractivity contribution >= 4 is 0 Å². The van der Waals surface area contributed by atoms with E-state index in [-0.39, 0.29) is 6.10 Å². The topological polar surface area (TPSA) is 39.6 Å². The number of β-amino-alcohol motifs (C(OH)–C–C–N with tert-alkyl or cyclic N) is 1. The number of rotatable bonds is 6. The summed E-state index contributed by atoms with van der Waals surface area (Å²) in [7, 11) is 0. The maximum absolute atomic E-state index is 9.57. The molecule has 0 spiro atoms. The molecule has 1 aromatic heterocycles. The standard InChI is InChI=1S/C16H27N3O/c1-3-16-13-18(10-11-19(16)12-14(2)20)9-7-15-6-4-5-8-17-15/h4-6,8,14,16,20H,3,7,9-13H2,1-2H3/t14-,16+/m1/s1. The molecule has 4 nitrogen and oxygen atoms in total. The van der Waals surface area contributed by atoms with Crippen molar-refractivity contribution in [3.63, 3.8) is 0 Å². The summed E-state index contributed by atoms with van der Waals surface area (Å²) < 4.78 is 0. The Kier molecular flexibility index (Phi) is 5.95. The summed E-state index contributed by atoms with van der Waals surface area (Å²) >= 11 is 0. The Hall–Kier alpha value is -0.970. The predicted molar refractivity (Wildman–Crippen MR) is 81.7 cm³/mol. The highest BCUT2D eigenvalue weighted by Crippen LogP contribution is 2.13. The van der Waals surface area contributed by atoms with Gasteiger partial charge in [-0.1, -0.05) is 13.0 Å². The number of aliphatic hydroxyl groups excluding tert-OH is 1. The van der Waals surface area contributed by atoms with Crippen LogP contribution in [0.15, 0.2) is 24.4 Å². The van der Waals surface area contributed by atoms with Gasteiger partial charge in [-0.2, -0.15) is 0 Å². The van der Waals surface area contributed by atoms with E-state index in [4.69, 9.17) is 0 Å². The third-order valence-electron chi connectivity index (χ3n) is 4.07. The fourth-order valence-corrected chi connectivity index (χ4v) is 2.95. The first-order valence-corrected chi connectivity index (χ1v) is 7.73. The lowest BCUT2D eigenvalue weighted by Gasteiger charge is -2.41. The molecule has 1 aromatic rings. The van der Waals surface area contributed by atoms with Crippen molar-refractivity contribution in [2.45, 2.75) is 38.8 Å². The molecule has 2 heterocycles. The summed E-state index contributed by atoms with van der Waals surface area (Å²) in [5.74, 6) is 0. The summed E-state index contributed by atoms with van der Waals surface area (Å²) in [5.41, 5.74) is 1.17. The summed E-state index contributed by atoms with van der Waals surface area (Å²) in [4.78, 5) is 9.35. The van der Waals surface area contributed by atoms with Crippen LogP contribution in [0.3, 0.4) is 0 Å². The summed E-state index contributed by atoms with van der Waals surface area (Å²) in [5, 5.41) is 9.57. The van der Waals surface area contributed by atoms with Crippen LogP contribution < -0.4 is 0 Å². The van der Waals surface area contributed by atoms with Gasteiger partial charge in [0.25, 0.3) is 0 Å². The molecule has 0 unspecified atom stereocenters. The molecule has 2 rings (SSSR count). The lowest BCUT2D eigenvalue weighted by molar-refractivity contribution is 0.0370. The van der Waals surface area contributed by atoms with Crippen LogP contribution in [0.4, 0.5) is 0 Å². The number of hydrogen-bond donors (Lipinski definition) is 1. The second-order valence-corrected chi connectivity index (χ2v) is 5.78. The monoisotopic (exact) mass is 277 g/mol. The minimum Gasteiger partial charge on any atom is -0.392 e. The van der Waals surface area contributed by atoms with Gasteiger partial charge in [0, 0.05) is 57.1 Å². The van der Waals surface area contributed by atoms with Crippen LogP contribution in [-0.4, -0.2) is 64.8 Å². The van der Waals surface area contributed by atoms with Gasteiger partial charge in [-0.15, -0.1) is 0 Å². The lowest BCUT2D eigenvalue weighted by atomic mass is 10.1. The largest absolute Gasteiger partial charge is 0.392 e. The van der Waals surface area contributed by atoms with Gasteiger partial charge >= 0.3 is 0 Å². The zero-order valence-corrected chi connectivity index (χ0v) is 12.7. The maximum Gasteiger partial charge on any atom is 0.0639 e. The number of pyridine rings is 1. The van der Waals surface area contributed by atoms with E-state index in [9.17, 15) is 5.11 Å². The van der Waals surface area contributed by atoms with Gasteiger partial charge in [-0.05, 0) is 25.5 Å². The Balaban J connectivity index is 1.81. The lowest BCUT2D eigenvalue weighted by Crippen LogP contribution is -2.54. The molecule has 1 aliphatic heterocycles. The number of aliphatic hydroxyl groups is 1. The zero-order valence-electron chi connectivity index (χ0n) is 12.7. The third-order valence-corrected chi connectivity index (χ3v) is 4.07. The summed E-state index contributed by atoms with van der Waals surface area (Å²) in [6.45, 7) is 9.25. The second kappa shape index (κ2) is 7.72. The van der Waals surface area contributed by atoms with Crippen molar-refractivity contribution in [3.8, 4) is 0 Å². The number of hydrogen-bond acceptors (Lipinski definition) is 4. The van der Waals surface area contributed by atoms with Crippen molar-refractivity contribution in [1.29, 1.82) is 0 Å². The fraction of sp³-hybridized carbons (Fsp3) is 0.688. The minimum absolute atomic E-state index is 0.232. The highest BCUT2D eigenvalue weighted by Gasteiger charge is 2.25. The molecule has 0 aliphatic carbocycles. The van der Waals surface area contributed by atoms with E-state index in [0.717, 1.165) is 45.6 Å². The highest BCUT2D eigenvalue weighted by atomic mass is 16.3. The van der Waals surface area contributed by atoms with Crippen molar-refractivity contribution in [2.75, 3.05) is 32.7 Å². The van der Waals surface area contributed by atoms with E-state index in [0.29, 0.717) is 6.04 Å². The Morgan fingerprint density at radius 2 is 2.25 bits per heavy atom. The van der Waals surface area contributed by atoms with Crippen molar-refractivity contribution in [2.24, 2.45) is 0 Å². The molecule has 0 saturated carbocycles. The Bertz CT molecular complexity index is 383. The Labute approximate surface area is 122 Å². The van der Waals surface area contributed by atoms with Gasteiger partial charge in [-0.3, -0.25) is 9.88 Å². The van der Waals surface area contributed by atoms with E-state index in [1.54, 1.807) is 0 Å². The van der Waals surface area contributed by atoms with Crippen LogP contribution in [0.1, 0.15) is 26.0 Å². The average molecular weight is 277 g/mol. The predicted octanol–water partition coefficient (Wildman–Crippen LogP) is 1.40. The first-order chi connectivity index (χ1) is 9.69. The van der Waals surface area contributed by atoms with Gasteiger partial charge in [0.05, 0.1) is 6.10 Å². The van der Waals surface area contributed by atoms with Crippen LogP contribution in [0.5, 0.6) is 0 Å². The average Bonchev–Trinajstić information content (AvgIpc) is 2.46.